The Bertz CT molecular complexity index is 428. The summed E-state index contributed by atoms with van der Waals surface area (Å²) in [4.78, 5) is 2.28. The zero-order valence-corrected chi connectivity index (χ0v) is 12.6. The molecule has 0 saturated heterocycles. The summed E-state index contributed by atoms with van der Waals surface area (Å²) in [6.45, 7) is 2.09. The minimum absolute atomic E-state index is 0.793. The Balaban J connectivity index is 1.49. The van der Waals surface area contributed by atoms with Gasteiger partial charge in [0.15, 0.2) is 0 Å². The van der Waals surface area contributed by atoms with E-state index >= 15 is 0 Å². The predicted molar refractivity (Wildman–Crippen MR) is 83.5 cm³/mol. The number of rotatable bonds is 8. The van der Waals surface area contributed by atoms with Gasteiger partial charge in [-0.25, -0.2) is 0 Å². The van der Waals surface area contributed by atoms with Gasteiger partial charge in [0.05, 0.1) is 12.8 Å². The fourth-order valence-corrected chi connectivity index (χ4v) is 3.09. The molecule has 0 unspecified atom stereocenters. The van der Waals surface area contributed by atoms with Crippen molar-refractivity contribution in [2.45, 2.75) is 31.7 Å². The van der Waals surface area contributed by atoms with Crippen LogP contribution in [0.4, 0.5) is 5.69 Å². The highest BCUT2D eigenvalue weighted by molar-refractivity contribution is 5.57. The molecule has 0 amide bonds. The molecule has 0 radical (unpaired) electrons. The molecule has 0 atom stereocenters. The average Bonchev–Trinajstić information content (AvgIpc) is 3.36. The number of methoxy groups -OCH3 is 1. The number of ether oxygens (including phenoxy) is 1. The van der Waals surface area contributed by atoms with Crippen molar-refractivity contribution in [3.63, 3.8) is 0 Å². The normalized spacial score (nSPS) is 18.4. The summed E-state index contributed by atoms with van der Waals surface area (Å²) in [6, 6.07) is 9.03. The van der Waals surface area contributed by atoms with Gasteiger partial charge in [-0.2, -0.15) is 0 Å². The molecule has 0 aliphatic heterocycles. The van der Waals surface area contributed by atoms with Crippen LogP contribution in [-0.2, 0) is 0 Å². The maximum atomic E-state index is 5.43. The lowest BCUT2D eigenvalue weighted by molar-refractivity contribution is 0.411. The summed E-state index contributed by atoms with van der Waals surface area (Å²) < 4.78 is 5.43. The Kier molecular flexibility index (Phi) is 4.16. The van der Waals surface area contributed by atoms with E-state index in [2.05, 4.69) is 29.4 Å². The third-order valence-electron chi connectivity index (χ3n) is 4.58. The van der Waals surface area contributed by atoms with E-state index < -0.39 is 0 Å². The highest BCUT2D eigenvalue weighted by Gasteiger charge is 2.40. The second-order valence-corrected chi connectivity index (χ2v) is 6.25. The summed E-state index contributed by atoms with van der Waals surface area (Å²) in [5.74, 6) is 2.90. The maximum Gasteiger partial charge on any atom is 0.142 e. The van der Waals surface area contributed by atoms with E-state index in [1.807, 2.05) is 12.1 Å². The maximum absolute atomic E-state index is 5.43. The molecule has 0 heterocycles. The zero-order chi connectivity index (χ0) is 13.9. The van der Waals surface area contributed by atoms with Crippen LogP contribution in [0.5, 0.6) is 5.75 Å². The molecule has 20 heavy (non-hydrogen) atoms. The lowest BCUT2D eigenvalue weighted by Gasteiger charge is -2.24. The molecular formula is C17H26N2O. The molecule has 1 aromatic rings. The fourth-order valence-electron chi connectivity index (χ4n) is 3.09. The number of para-hydroxylation sites is 2. The average molecular weight is 274 g/mol. The van der Waals surface area contributed by atoms with Crippen LogP contribution >= 0.6 is 0 Å². The third kappa shape index (κ3) is 3.26. The van der Waals surface area contributed by atoms with Crippen molar-refractivity contribution in [1.29, 1.82) is 0 Å². The summed E-state index contributed by atoms with van der Waals surface area (Å²) in [6.07, 6.45) is 5.76. The molecule has 0 aromatic heterocycles. The lowest BCUT2D eigenvalue weighted by atomic mass is 10.1. The Labute approximate surface area is 122 Å². The number of likely N-dealkylation sites (N-methyl/N-ethyl adjacent to an activating group) is 1. The summed E-state index contributed by atoms with van der Waals surface area (Å²) in [5.41, 5.74) is 1.17. The molecule has 3 heteroatoms. The minimum Gasteiger partial charge on any atom is -0.495 e. The van der Waals surface area contributed by atoms with Gasteiger partial charge < -0.3 is 15.0 Å². The zero-order valence-electron chi connectivity index (χ0n) is 12.6. The van der Waals surface area contributed by atoms with E-state index in [1.54, 1.807) is 7.11 Å². The molecule has 1 aromatic carbocycles. The minimum atomic E-state index is 0.793. The molecule has 2 fully saturated rings. The Morgan fingerprint density at radius 1 is 1.20 bits per heavy atom. The fraction of sp³-hybridized carbons (Fsp3) is 0.647. The van der Waals surface area contributed by atoms with Crippen LogP contribution < -0.4 is 15.0 Å². The molecule has 3 nitrogen and oxygen atoms in total. The predicted octanol–water partition coefficient (Wildman–Crippen LogP) is 2.91. The second-order valence-electron chi connectivity index (χ2n) is 6.25. The largest absolute Gasteiger partial charge is 0.495 e. The molecule has 0 bridgehead atoms. The monoisotopic (exact) mass is 274 g/mol. The number of anilines is 1. The number of hydrogen-bond donors (Lipinski definition) is 1. The molecule has 2 saturated carbocycles. The molecular weight excluding hydrogens is 248 g/mol. The highest BCUT2D eigenvalue weighted by Crippen LogP contribution is 2.44. The van der Waals surface area contributed by atoms with E-state index in [9.17, 15) is 0 Å². The first-order chi connectivity index (χ1) is 9.79. The van der Waals surface area contributed by atoms with Gasteiger partial charge in [-0.3, -0.25) is 0 Å². The van der Waals surface area contributed by atoms with Crippen LogP contribution in [0, 0.1) is 11.8 Å². The molecule has 2 aliphatic rings. The third-order valence-corrected chi connectivity index (χ3v) is 4.58. The molecule has 3 rings (SSSR count). The van der Waals surface area contributed by atoms with Crippen molar-refractivity contribution in [2.24, 2.45) is 11.8 Å². The van der Waals surface area contributed by atoms with Crippen LogP contribution in [0.1, 0.15) is 25.7 Å². The van der Waals surface area contributed by atoms with Gasteiger partial charge >= 0.3 is 0 Å². The quantitative estimate of drug-likeness (QED) is 0.789. The SMILES string of the molecule is COc1ccccc1N(C)CCNC(C1CC1)C1CC1. The lowest BCUT2D eigenvalue weighted by Crippen LogP contribution is -2.38. The molecule has 0 spiro atoms. The van der Waals surface area contributed by atoms with Gasteiger partial charge in [-0.05, 0) is 49.7 Å². The number of benzene rings is 1. The van der Waals surface area contributed by atoms with Crippen molar-refractivity contribution >= 4 is 5.69 Å². The van der Waals surface area contributed by atoms with E-state index in [0.717, 1.165) is 36.7 Å². The van der Waals surface area contributed by atoms with Crippen LogP contribution in [0.3, 0.4) is 0 Å². The smallest absolute Gasteiger partial charge is 0.142 e. The van der Waals surface area contributed by atoms with Gasteiger partial charge in [-0.1, -0.05) is 12.1 Å². The number of hydrogen-bond acceptors (Lipinski definition) is 3. The topological polar surface area (TPSA) is 24.5 Å². The van der Waals surface area contributed by atoms with Gasteiger partial charge in [0.25, 0.3) is 0 Å². The number of nitrogens with zero attached hydrogens (tertiary/aromatic N) is 1. The van der Waals surface area contributed by atoms with Crippen molar-refractivity contribution in [3.05, 3.63) is 24.3 Å². The highest BCUT2D eigenvalue weighted by atomic mass is 16.5. The summed E-state index contributed by atoms with van der Waals surface area (Å²) in [7, 11) is 3.88. The molecule has 110 valence electrons. The first kappa shape index (κ1) is 13.7. The van der Waals surface area contributed by atoms with E-state index in [-0.39, 0.29) is 0 Å². The van der Waals surface area contributed by atoms with Gasteiger partial charge in [0, 0.05) is 26.2 Å². The van der Waals surface area contributed by atoms with Crippen LogP contribution in [0.15, 0.2) is 24.3 Å². The van der Waals surface area contributed by atoms with Crippen LogP contribution in [0.25, 0.3) is 0 Å². The molecule has 1 N–H and O–H groups in total. The summed E-state index contributed by atoms with van der Waals surface area (Å²) >= 11 is 0. The Hall–Kier alpha value is -1.22. The standard InChI is InChI=1S/C17H26N2O/c1-19(15-5-3-4-6-16(15)20-2)12-11-18-17(13-7-8-13)14-9-10-14/h3-6,13-14,17-18H,7-12H2,1-2H3. The van der Waals surface area contributed by atoms with Gasteiger partial charge in [-0.15, -0.1) is 0 Å². The second kappa shape index (κ2) is 6.04. The van der Waals surface area contributed by atoms with E-state index in [1.165, 1.54) is 31.4 Å². The van der Waals surface area contributed by atoms with Gasteiger partial charge in [0.1, 0.15) is 5.75 Å². The Morgan fingerprint density at radius 3 is 2.45 bits per heavy atom. The van der Waals surface area contributed by atoms with Crippen molar-refractivity contribution in [3.8, 4) is 5.75 Å². The summed E-state index contributed by atoms with van der Waals surface area (Å²) in [5, 5.41) is 3.80. The first-order valence-corrected chi connectivity index (χ1v) is 7.87. The van der Waals surface area contributed by atoms with Crippen molar-refractivity contribution in [1.82, 2.24) is 5.32 Å². The first-order valence-electron chi connectivity index (χ1n) is 7.87. The molecule has 2 aliphatic carbocycles. The Morgan fingerprint density at radius 2 is 1.85 bits per heavy atom. The van der Waals surface area contributed by atoms with Crippen LogP contribution in [-0.4, -0.2) is 33.3 Å². The van der Waals surface area contributed by atoms with Crippen molar-refractivity contribution in [2.75, 3.05) is 32.1 Å². The van der Waals surface area contributed by atoms with Crippen molar-refractivity contribution < 1.29 is 4.74 Å². The number of nitrogens with one attached hydrogen (secondary N) is 1. The van der Waals surface area contributed by atoms with Crippen LogP contribution in [0.2, 0.25) is 0 Å². The van der Waals surface area contributed by atoms with E-state index in [0.29, 0.717) is 0 Å². The van der Waals surface area contributed by atoms with Gasteiger partial charge in [0.2, 0.25) is 0 Å². The van der Waals surface area contributed by atoms with E-state index in [4.69, 9.17) is 4.74 Å².